The van der Waals surface area contributed by atoms with Crippen molar-refractivity contribution in [1.82, 2.24) is 5.32 Å². The van der Waals surface area contributed by atoms with E-state index in [2.05, 4.69) is 59.9 Å². The zero-order chi connectivity index (χ0) is 18.1. The predicted octanol–water partition coefficient (Wildman–Crippen LogP) is 6.39. The van der Waals surface area contributed by atoms with Gasteiger partial charge in [0.25, 0.3) is 0 Å². The fraction of sp³-hybridized carbons (Fsp3) is 0.520. The Morgan fingerprint density at radius 1 is 0.815 bits per heavy atom. The fourth-order valence-corrected chi connectivity index (χ4v) is 7.41. The summed E-state index contributed by atoms with van der Waals surface area (Å²) in [6.07, 6.45) is 10.2. The van der Waals surface area contributed by atoms with Crippen LogP contribution in [0.4, 0.5) is 0 Å². The molecule has 4 aliphatic carbocycles. The second-order valence-electron chi connectivity index (χ2n) is 9.19. The Morgan fingerprint density at radius 3 is 2.15 bits per heavy atom. The van der Waals surface area contributed by atoms with Crippen molar-refractivity contribution in [2.45, 2.75) is 55.4 Å². The van der Waals surface area contributed by atoms with Crippen molar-refractivity contribution >= 4 is 11.8 Å². The average molecular weight is 378 g/mol. The molecule has 0 aliphatic heterocycles. The van der Waals surface area contributed by atoms with Crippen molar-refractivity contribution in [2.24, 2.45) is 17.8 Å². The summed E-state index contributed by atoms with van der Waals surface area (Å²) in [6, 6.07) is 19.6. The van der Waals surface area contributed by atoms with Crippen LogP contribution in [-0.4, -0.2) is 17.8 Å². The van der Waals surface area contributed by atoms with Crippen LogP contribution in [0.5, 0.6) is 0 Å². The van der Waals surface area contributed by atoms with Gasteiger partial charge in [0.05, 0.1) is 0 Å². The summed E-state index contributed by atoms with van der Waals surface area (Å²) in [7, 11) is 0. The summed E-state index contributed by atoms with van der Waals surface area (Å²) in [5, 5.41) is 4.05. The molecule has 2 aromatic carbocycles. The Bertz CT molecular complexity index is 734. The van der Waals surface area contributed by atoms with Crippen molar-refractivity contribution < 1.29 is 0 Å². The average Bonchev–Trinajstić information content (AvgIpc) is 2.68. The standard InChI is InChI=1S/C25H31NS/c1-2-7-22(8-3-1)23-9-4-5-10-24(23)27-12-6-11-26-25-16-19-13-20(17-25)15-21(14-19)18-25/h1-5,7-10,19-21,26H,6,11-18H2. The monoisotopic (exact) mass is 377 g/mol. The number of benzene rings is 2. The molecule has 0 amide bonds. The number of hydrogen-bond acceptors (Lipinski definition) is 2. The third kappa shape index (κ3) is 3.84. The molecule has 1 N–H and O–H groups in total. The lowest BCUT2D eigenvalue weighted by atomic mass is 9.53. The summed E-state index contributed by atoms with van der Waals surface area (Å²) >= 11 is 2.02. The van der Waals surface area contributed by atoms with Gasteiger partial charge in [0.2, 0.25) is 0 Å². The molecule has 0 radical (unpaired) electrons. The SMILES string of the molecule is c1ccc(-c2ccccc2SCCCNC23CC4CC(CC(C4)C2)C3)cc1. The summed E-state index contributed by atoms with van der Waals surface area (Å²) in [5.41, 5.74) is 3.21. The van der Waals surface area contributed by atoms with Crippen LogP contribution >= 0.6 is 11.8 Å². The molecule has 0 atom stereocenters. The summed E-state index contributed by atoms with van der Waals surface area (Å²) in [4.78, 5) is 1.42. The van der Waals surface area contributed by atoms with Gasteiger partial charge in [-0.25, -0.2) is 0 Å². The summed E-state index contributed by atoms with van der Waals surface area (Å²) in [6.45, 7) is 1.19. The zero-order valence-electron chi connectivity index (χ0n) is 16.2. The number of rotatable bonds is 7. The first-order valence-corrected chi connectivity index (χ1v) is 11.8. The highest BCUT2D eigenvalue weighted by Gasteiger charge is 2.50. The lowest BCUT2D eigenvalue weighted by molar-refractivity contribution is -0.0193. The van der Waals surface area contributed by atoms with Gasteiger partial charge in [0, 0.05) is 10.4 Å². The van der Waals surface area contributed by atoms with Gasteiger partial charge in [-0.2, -0.15) is 0 Å². The van der Waals surface area contributed by atoms with Crippen LogP contribution in [0.15, 0.2) is 59.5 Å². The van der Waals surface area contributed by atoms with Crippen LogP contribution in [0.2, 0.25) is 0 Å². The molecule has 142 valence electrons. The van der Waals surface area contributed by atoms with E-state index >= 15 is 0 Å². The van der Waals surface area contributed by atoms with Crippen molar-refractivity contribution in [3.8, 4) is 11.1 Å². The fourth-order valence-electron chi connectivity index (χ4n) is 6.38. The molecule has 0 unspecified atom stereocenters. The Hall–Kier alpha value is -1.25. The lowest BCUT2D eigenvalue weighted by Crippen LogP contribution is -2.58. The van der Waals surface area contributed by atoms with Gasteiger partial charge in [0.15, 0.2) is 0 Å². The maximum atomic E-state index is 4.05. The van der Waals surface area contributed by atoms with Gasteiger partial charge in [-0.1, -0.05) is 48.5 Å². The van der Waals surface area contributed by atoms with Crippen LogP contribution in [0.1, 0.15) is 44.9 Å². The van der Waals surface area contributed by atoms with E-state index in [4.69, 9.17) is 0 Å². The second-order valence-corrected chi connectivity index (χ2v) is 10.3. The molecular formula is C25H31NS. The quantitative estimate of drug-likeness (QED) is 0.443. The lowest BCUT2D eigenvalue weighted by Gasteiger charge is -2.57. The molecule has 2 aromatic rings. The molecule has 1 nitrogen and oxygen atoms in total. The van der Waals surface area contributed by atoms with E-state index in [1.807, 2.05) is 11.8 Å². The van der Waals surface area contributed by atoms with Crippen LogP contribution in [0.3, 0.4) is 0 Å². The van der Waals surface area contributed by atoms with E-state index in [9.17, 15) is 0 Å². The second kappa shape index (κ2) is 7.64. The molecule has 4 aliphatic rings. The maximum Gasteiger partial charge on any atom is 0.0189 e. The molecule has 2 heteroatoms. The predicted molar refractivity (Wildman–Crippen MR) is 116 cm³/mol. The molecule has 0 spiro atoms. The normalized spacial score (nSPS) is 31.3. The minimum absolute atomic E-state index is 0.515. The number of hydrogen-bond donors (Lipinski definition) is 1. The van der Waals surface area contributed by atoms with E-state index in [-0.39, 0.29) is 0 Å². The van der Waals surface area contributed by atoms with Gasteiger partial charge in [-0.15, -0.1) is 11.8 Å². The van der Waals surface area contributed by atoms with Crippen LogP contribution in [-0.2, 0) is 0 Å². The van der Waals surface area contributed by atoms with Crippen LogP contribution in [0, 0.1) is 17.8 Å². The first-order valence-electron chi connectivity index (χ1n) is 10.8. The van der Waals surface area contributed by atoms with Crippen LogP contribution < -0.4 is 5.32 Å². The summed E-state index contributed by atoms with van der Waals surface area (Å²) < 4.78 is 0. The minimum Gasteiger partial charge on any atom is -0.311 e. The summed E-state index contributed by atoms with van der Waals surface area (Å²) in [5.74, 6) is 4.31. The van der Waals surface area contributed by atoms with Gasteiger partial charge < -0.3 is 5.32 Å². The largest absolute Gasteiger partial charge is 0.311 e. The Kier molecular flexibility index (Phi) is 5.04. The molecule has 0 heterocycles. The van der Waals surface area contributed by atoms with E-state index in [0.717, 1.165) is 17.8 Å². The van der Waals surface area contributed by atoms with E-state index < -0.39 is 0 Å². The maximum absolute atomic E-state index is 4.05. The number of thioether (sulfide) groups is 1. The molecular weight excluding hydrogens is 346 g/mol. The third-order valence-electron chi connectivity index (χ3n) is 7.09. The van der Waals surface area contributed by atoms with Gasteiger partial charge >= 0.3 is 0 Å². The first-order chi connectivity index (χ1) is 13.3. The highest BCUT2D eigenvalue weighted by molar-refractivity contribution is 7.99. The van der Waals surface area contributed by atoms with Crippen molar-refractivity contribution in [2.75, 3.05) is 12.3 Å². The molecule has 4 bridgehead atoms. The van der Waals surface area contributed by atoms with Crippen molar-refractivity contribution in [1.29, 1.82) is 0 Å². The zero-order valence-corrected chi connectivity index (χ0v) is 17.0. The highest BCUT2D eigenvalue weighted by Crippen LogP contribution is 2.55. The first kappa shape index (κ1) is 17.8. The van der Waals surface area contributed by atoms with Crippen LogP contribution in [0.25, 0.3) is 11.1 Å². The van der Waals surface area contributed by atoms with Crippen molar-refractivity contribution in [3.05, 3.63) is 54.6 Å². The Morgan fingerprint density at radius 2 is 1.44 bits per heavy atom. The van der Waals surface area contributed by atoms with Gasteiger partial charge in [-0.3, -0.25) is 0 Å². The Balaban J connectivity index is 1.14. The van der Waals surface area contributed by atoms with E-state index in [0.29, 0.717) is 5.54 Å². The van der Waals surface area contributed by atoms with Crippen molar-refractivity contribution in [3.63, 3.8) is 0 Å². The topological polar surface area (TPSA) is 12.0 Å². The van der Waals surface area contributed by atoms with Gasteiger partial charge in [0.1, 0.15) is 0 Å². The third-order valence-corrected chi connectivity index (χ3v) is 8.25. The molecule has 6 rings (SSSR count). The van der Waals surface area contributed by atoms with E-state index in [1.54, 1.807) is 0 Å². The minimum atomic E-state index is 0.515. The molecule has 4 fully saturated rings. The molecule has 4 saturated carbocycles. The Labute approximate surface area is 168 Å². The molecule has 0 aromatic heterocycles. The number of nitrogens with one attached hydrogen (secondary N) is 1. The highest BCUT2D eigenvalue weighted by atomic mass is 32.2. The smallest absolute Gasteiger partial charge is 0.0189 e. The van der Waals surface area contributed by atoms with Gasteiger partial charge in [-0.05, 0) is 92.2 Å². The molecule has 0 saturated heterocycles. The van der Waals surface area contributed by atoms with E-state index in [1.165, 1.54) is 73.3 Å². The molecule has 27 heavy (non-hydrogen) atoms.